The van der Waals surface area contributed by atoms with E-state index in [1.54, 1.807) is 27.1 Å². The van der Waals surface area contributed by atoms with Gasteiger partial charge in [0.25, 0.3) is 10.0 Å². The molecule has 0 saturated carbocycles. The molecule has 0 aliphatic carbocycles. The van der Waals surface area contributed by atoms with Crippen LogP contribution in [0.1, 0.15) is 29.8 Å². The highest BCUT2D eigenvalue weighted by atomic mass is 79.9. The molecule has 0 bridgehead atoms. The fraction of sp³-hybridized carbons (Fsp3) is 0.385. The van der Waals surface area contributed by atoms with E-state index in [4.69, 9.17) is 0 Å². The standard InChI is InChI=1S/C13H14BrNO2S3/c1-2-11-9-4-7-18-12(9)3-6-15(11)20(16,17)13-10(14)5-8-19-13/h4-5,7-8,11H,2-3,6H2,1H3. The number of nitrogens with zero attached hydrogens (tertiary/aromatic N) is 1. The quantitative estimate of drug-likeness (QED) is 0.782. The number of rotatable bonds is 3. The van der Waals surface area contributed by atoms with E-state index >= 15 is 0 Å². The zero-order valence-corrected chi connectivity index (χ0v) is 14.9. The highest BCUT2D eigenvalue weighted by molar-refractivity contribution is 9.10. The average molecular weight is 392 g/mol. The van der Waals surface area contributed by atoms with Crippen molar-refractivity contribution in [2.45, 2.75) is 30.0 Å². The molecule has 3 heterocycles. The first-order valence-corrected chi connectivity index (χ1v) is 10.4. The van der Waals surface area contributed by atoms with Crippen LogP contribution in [0.15, 0.2) is 31.6 Å². The van der Waals surface area contributed by atoms with E-state index < -0.39 is 10.0 Å². The molecule has 20 heavy (non-hydrogen) atoms. The Morgan fingerprint density at radius 2 is 2.10 bits per heavy atom. The van der Waals surface area contributed by atoms with E-state index in [1.807, 2.05) is 6.92 Å². The van der Waals surface area contributed by atoms with Crippen LogP contribution in [0.25, 0.3) is 0 Å². The van der Waals surface area contributed by atoms with Gasteiger partial charge in [-0.3, -0.25) is 0 Å². The van der Waals surface area contributed by atoms with E-state index in [1.165, 1.54) is 21.8 Å². The predicted octanol–water partition coefficient (Wildman–Crippen LogP) is 4.27. The smallest absolute Gasteiger partial charge is 0.206 e. The van der Waals surface area contributed by atoms with Crippen molar-refractivity contribution in [2.75, 3.05) is 6.54 Å². The van der Waals surface area contributed by atoms with Gasteiger partial charge in [-0.2, -0.15) is 4.31 Å². The Morgan fingerprint density at radius 3 is 2.75 bits per heavy atom. The summed E-state index contributed by atoms with van der Waals surface area (Å²) in [6.07, 6.45) is 1.61. The van der Waals surface area contributed by atoms with Crippen LogP contribution in [0.5, 0.6) is 0 Å². The molecule has 1 aliphatic heterocycles. The van der Waals surface area contributed by atoms with Crippen LogP contribution in [0.3, 0.4) is 0 Å². The number of fused-ring (bicyclic) bond motifs is 1. The molecule has 0 fully saturated rings. The minimum absolute atomic E-state index is 0.0380. The molecule has 7 heteroatoms. The zero-order valence-electron chi connectivity index (χ0n) is 10.9. The number of thiophene rings is 2. The van der Waals surface area contributed by atoms with E-state index in [-0.39, 0.29) is 6.04 Å². The van der Waals surface area contributed by atoms with Gasteiger partial charge < -0.3 is 0 Å². The molecule has 0 amide bonds. The van der Waals surface area contributed by atoms with Crippen molar-refractivity contribution in [3.8, 4) is 0 Å². The van der Waals surface area contributed by atoms with Gasteiger partial charge in [-0.1, -0.05) is 6.92 Å². The SMILES string of the molecule is CCC1c2ccsc2CCN1S(=O)(=O)c1sccc1Br. The average Bonchev–Trinajstić information content (AvgIpc) is 3.05. The van der Waals surface area contributed by atoms with E-state index in [2.05, 4.69) is 27.4 Å². The first-order chi connectivity index (χ1) is 9.55. The largest absolute Gasteiger partial charge is 0.254 e. The van der Waals surface area contributed by atoms with Crippen LogP contribution in [0.2, 0.25) is 0 Å². The monoisotopic (exact) mass is 391 g/mol. The summed E-state index contributed by atoms with van der Waals surface area (Å²) in [4.78, 5) is 1.33. The maximum Gasteiger partial charge on any atom is 0.254 e. The van der Waals surface area contributed by atoms with Crippen LogP contribution in [-0.2, 0) is 16.4 Å². The summed E-state index contributed by atoms with van der Waals surface area (Å²) >= 11 is 6.34. The Balaban J connectivity index is 2.05. The molecule has 3 rings (SSSR count). The third-order valence-corrected chi connectivity index (χ3v) is 9.11. The van der Waals surface area contributed by atoms with Crippen LogP contribution >= 0.6 is 38.6 Å². The van der Waals surface area contributed by atoms with Gasteiger partial charge in [0.2, 0.25) is 0 Å². The fourth-order valence-electron chi connectivity index (χ4n) is 2.65. The van der Waals surface area contributed by atoms with E-state index in [0.717, 1.165) is 12.8 Å². The van der Waals surface area contributed by atoms with Crippen molar-refractivity contribution in [1.29, 1.82) is 0 Å². The van der Waals surface area contributed by atoms with Gasteiger partial charge in [0.15, 0.2) is 0 Å². The van der Waals surface area contributed by atoms with Crippen molar-refractivity contribution >= 4 is 48.6 Å². The molecule has 1 unspecified atom stereocenters. The first-order valence-electron chi connectivity index (χ1n) is 6.36. The zero-order chi connectivity index (χ0) is 14.3. The Hall–Kier alpha value is -0.210. The van der Waals surface area contributed by atoms with Crippen LogP contribution in [-0.4, -0.2) is 19.3 Å². The van der Waals surface area contributed by atoms with Crippen LogP contribution in [0, 0.1) is 0 Å². The molecule has 0 N–H and O–H groups in total. The highest BCUT2D eigenvalue weighted by Crippen LogP contribution is 2.40. The Labute approximate surface area is 135 Å². The minimum atomic E-state index is -3.42. The molecule has 0 radical (unpaired) electrons. The number of hydrogen-bond donors (Lipinski definition) is 0. The number of halogens is 1. The van der Waals surface area contributed by atoms with Crippen molar-refractivity contribution < 1.29 is 8.42 Å². The summed E-state index contributed by atoms with van der Waals surface area (Å²) in [6, 6.07) is 3.82. The molecule has 1 aliphatic rings. The minimum Gasteiger partial charge on any atom is -0.206 e. The lowest BCUT2D eigenvalue weighted by atomic mass is 10.0. The summed E-state index contributed by atoms with van der Waals surface area (Å²) in [5.74, 6) is 0. The Morgan fingerprint density at radius 1 is 1.35 bits per heavy atom. The second-order valence-electron chi connectivity index (χ2n) is 4.64. The van der Waals surface area contributed by atoms with Gasteiger partial charge in [0.05, 0.1) is 6.04 Å². The van der Waals surface area contributed by atoms with Gasteiger partial charge >= 0.3 is 0 Å². The van der Waals surface area contributed by atoms with Gasteiger partial charge in [0.1, 0.15) is 4.21 Å². The normalized spacial score (nSPS) is 20.0. The number of sulfonamides is 1. The van der Waals surface area contributed by atoms with Gasteiger partial charge in [0, 0.05) is 15.9 Å². The Bertz CT molecular complexity index is 720. The topological polar surface area (TPSA) is 37.4 Å². The third-order valence-electron chi connectivity index (χ3n) is 3.56. The lowest BCUT2D eigenvalue weighted by Crippen LogP contribution is -2.39. The van der Waals surface area contributed by atoms with Crippen molar-refractivity contribution in [3.63, 3.8) is 0 Å². The number of hydrogen-bond acceptors (Lipinski definition) is 4. The first kappa shape index (κ1) is 14.7. The van der Waals surface area contributed by atoms with E-state index in [9.17, 15) is 8.42 Å². The van der Waals surface area contributed by atoms with E-state index in [0.29, 0.717) is 15.2 Å². The van der Waals surface area contributed by atoms with Crippen LogP contribution < -0.4 is 0 Å². The van der Waals surface area contributed by atoms with Crippen molar-refractivity contribution in [3.05, 3.63) is 37.8 Å². The predicted molar refractivity (Wildman–Crippen MR) is 87.0 cm³/mol. The van der Waals surface area contributed by atoms with Gasteiger partial charge in [-0.25, -0.2) is 8.42 Å². The maximum absolute atomic E-state index is 12.9. The van der Waals surface area contributed by atoms with Gasteiger partial charge in [-0.15, -0.1) is 22.7 Å². The maximum atomic E-state index is 12.9. The molecule has 1 atom stereocenters. The lowest BCUT2D eigenvalue weighted by Gasteiger charge is -2.34. The summed E-state index contributed by atoms with van der Waals surface area (Å²) < 4.78 is 28.5. The highest BCUT2D eigenvalue weighted by Gasteiger charge is 2.37. The fourth-order valence-corrected chi connectivity index (χ4v) is 7.69. The molecule has 2 aromatic heterocycles. The summed E-state index contributed by atoms with van der Waals surface area (Å²) in [6.45, 7) is 2.61. The van der Waals surface area contributed by atoms with Crippen LogP contribution in [0.4, 0.5) is 0 Å². The molecule has 0 saturated heterocycles. The second-order valence-corrected chi connectivity index (χ2v) is 9.50. The summed E-state index contributed by atoms with van der Waals surface area (Å²) in [7, 11) is -3.42. The summed E-state index contributed by atoms with van der Waals surface area (Å²) in [5.41, 5.74) is 1.18. The van der Waals surface area contributed by atoms with Gasteiger partial charge in [-0.05, 0) is 57.2 Å². The molecule has 108 valence electrons. The summed E-state index contributed by atoms with van der Waals surface area (Å²) in [5, 5.41) is 3.86. The third kappa shape index (κ3) is 2.29. The molecular weight excluding hydrogens is 378 g/mol. The molecule has 0 aromatic carbocycles. The Kier molecular flexibility index (Phi) is 4.07. The molecule has 0 spiro atoms. The van der Waals surface area contributed by atoms with Crippen molar-refractivity contribution in [1.82, 2.24) is 4.31 Å². The lowest BCUT2D eigenvalue weighted by molar-refractivity contribution is 0.304. The molecular formula is C13H14BrNO2S3. The molecule has 2 aromatic rings. The second kappa shape index (κ2) is 5.53. The molecule has 3 nitrogen and oxygen atoms in total. The van der Waals surface area contributed by atoms with Crippen molar-refractivity contribution in [2.24, 2.45) is 0 Å².